The maximum atomic E-state index is 12.9. The molecule has 1 aromatic heterocycles. The summed E-state index contributed by atoms with van der Waals surface area (Å²) in [6.45, 7) is -1.03. The van der Waals surface area contributed by atoms with Gasteiger partial charge in [-0.3, -0.25) is 9.59 Å². The van der Waals surface area contributed by atoms with Crippen molar-refractivity contribution in [2.45, 2.75) is 23.7 Å². The highest BCUT2D eigenvalue weighted by Crippen LogP contribution is 2.30. The van der Waals surface area contributed by atoms with Crippen LogP contribution < -0.4 is 0 Å². The Hall–Kier alpha value is -3.00. The van der Waals surface area contributed by atoms with Gasteiger partial charge in [0.2, 0.25) is 15.9 Å². The van der Waals surface area contributed by atoms with Gasteiger partial charge in [0.05, 0.1) is 16.7 Å². The van der Waals surface area contributed by atoms with Crippen LogP contribution in [0.4, 0.5) is 13.2 Å². The number of amides is 1. The highest BCUT2D eigenvalue weighted by atomic mass is 32.2. The molecular formula is C16H16F3N5O5S. The van der Waals surface area contributed by atoms with Crippen LogP contribution in [0.5, 0.6) is 0 Å². The first-order valence-electron chi connectivity index (χ1n) is 8.54. The predicted octanol–water partition coefficient (Wildman–Crippen LogP) is 0.283. The molecule has 0 radical (unpaired) electrons. The molecule has 1 saturated heterocycles. The van der Waals surface area contributed by atoms with Crippen LogP contribution in [0.3, 0.4) is 0 Å². The Balaban J connectivity index is 1.79. The van der Waals surface area contributed by atoms with Gasteiger partial charge in [-0.1, -0.05) is 5.21 Å². The van der Waals surface area contributed by atoms with Crippen molar-refractivity contribution in [2.24, 2.45) is 0 Å². The average molecular weight is 447 g/mol. The van der Waals surface area contributed by atoms with E-state index in [0.29, 0.717) is 16.4 Å². The summed E-state index contributed by atoms with van der Waals surface area (Å²) in [5.74, 6) is -1.96. The molecule has 1 aromatic carbocycles. The summed E-state index contributed by atoms with van der Waals surface area (Å²) in [7, 11) is -4.40. The molecule has 0 bridgehead atoms. The Kier molecular flexibility index (Phi) is 5.81. The van der Waals surface area contributed by atoms with Crippen molar-refractivity contribution < 1.29 is 36.3 Å². The number of carbonyl (C=O) groups is 2. The molecule has 2 aromatic rings. The van der Waals surface area contributed by atoms with E-state index in [0.717, 1.165) is 12.1 Å². The Morgan fingerprint density at radius 2 is 1.83 bits per heavy atom. The number of alkyl halides is 3. The molecule has 10 nitrogen and oxygen atoms in total. The maximum Gasteiger partial charge on any atom is 0.416 e. The van der Waals surface area contributed by atoms with Crippen LogP contribution in [-0.2, 0) is 32.3 Å². The zero-order valence-corrected chi connectivity index (χ0v) is 16.0. The Labute approximate surface area is 168 Å². The molecule has 1 amide bonds. The normalized spacial score (nSPS) is 18.4. The number of nitrogens with zero attached hydrogens (tertiary/aromatic N) is 5. The molecular weight excluding hydrogens is 431 g/mol. The third-order valence-electron chi connectivity index (χ3n) is 4.53. The fourth-order valence-electron chi connectivity index (χ4n) is 2.99. The van der Waals surface area contributed by atoms with Crippen molar-refractivity contribution in [1.82, 2.24) is 24.2 Å². The van der Waals surface area contributed by atoms with Gasteiger partial charge in [0.1, 0.15) is 12.6 Å². The largest absolute Gasteiger partial charge is 0.480 e. The monoisotopic (exact) mass is 447 g/mol. The van der Waals surface area contributed by atoms with E-state index in [-0.39, 0.29) is 19.6 Å². The van der Waals surface area contributed by atoms with Gasteiger partial charge >= 0.3 is 12.1 Å². The molecule has 1 aliphatic heterocycles. The zero-order chi connectivity index (χ0) is 22.1. The number of carboxylic acids is 1. The van der Waals surface area contributed by atoms with Crippen LogP contribution in [0.1, 0.15) is 5.56 Å². The summed E-state index contributed by atoms with van der Waals surface area (Å²) in [4.78, 5) is 24.8. The van der Waals surface area contributed by atoms with Gasteiger partial charge in [0.25, 0.3) is 0 Å². The number of halogens is 3. The number of aromatic nitrogens is 3. The quantitative estimate of drug-likeness (QED) is 0.698. The summed E-state index contributed by atoms with van der Waals surface area (Å²) in [5.41, 5.74) is -1.03. The lowest BCUT2D eigenvalue weighted by Crippen LogP contribution is -2.59. The van der Waals surface area contributed by atoms with Crippen molar-refractivity contribution in [3.05, 3.63) is 42.2 Å². The van der Waals surface area contributed by atoms with E-state index in [2.05, 4.69) is 10.3 Å². The van der Waals surface area contributed by atoms with Crippen molar-refractivity contribution in [3.8, 4) is 0 Å². The van der Waals surface area contributed by atoms with Crippen molar-refractivity contribution in [2.75, 3.05) is 19.6 Å². The third-order valence-corrected chi connectivity index (χ3v) is 6.45. The Morgan fingerprint density at radius 1 is 1.17 bits per heavy atom. The molecule has 1 aliphatic rings. The molecule has 30 heavy (non-hydrogen) atoms. The Bertz CT molecular complexity index is 1020. The molecule has 2 heterocycles. The number of benzene rings is 1. The summed E-state index contributed by atoms with van der Waals surface area (Å²) in [5, 5.41) is 16.7. The molecule has 0 unspecified atom stereocenters. The molecule has 14 heteroatoms. The second-order valence-corrected chi connectivity index (χ2v) is 8.32. The second-order valence-electron chi connectivity index (χ2n) is 6.43. The van der Waals surface area contributed by atoms with Crippen LogP contribution in [0, 0.1) is 0 Å². The molecule has 3 rings (SSSR count). The average Bonchev–Trinajstić information content (AvgIpc) is 3.20. The molecule has 0 saturated carbocycles. The number of hydrogen-bond donors (Lipinski definition) is 1. The fraction of sp³-hybridized carbons (Fsp3) is 0.375. The number of sulfonamides is 1. The van der Waals surface area contributed by atoms with Gasteiger partial charge in [-0.05, 0) is 24.3 Å². The van der Waals surface area contributed by atoms with Crippen molar-refractivity contribution in [3.63, 3.8) is 0 Å². The number of hydrogen-bond acceptors (Lipinski definition) is 6. The van der Waals surface area contributed by atoms with Gasteiger partial charge < -0.3 is 10.0 Å². The van der Waals surface area contributed by atoms with E-state index in [1.165, 1.54) is 22.0 Å². The zero-order valence-electron chi connectivity index (χ0n) is 15.2. The number of carboxylic acid groups (broad SMARTS) is 1. The highest BCUT2D eigenvalue weighted by molar-refractivity contribution is 7.89. The Morgan fingerprint density at radius 3 is 2.37 bits per heavy atom. The van der Waals surface area contributed by atoms with Crippen LogP contribution in [0.15, 0.2) is 41.6 Å². The van der Waals surface area contributed by atoms with E-state index >= 15 is 0 Å². The summed E-state index contributed by atoms with van der Waals surface area (Å²) in [6.07, 6.45) is -1.83. The van der Waals surface area contributed by atoms with E-state index in [9.17, 15) is 36.3 Å². The van der Waals surface area contributed by atoms with E-state index in [1.807, 2.05) is 0 Å². The van der Waals surface area contributed by atoms with E-state index in [1.54, 1.807) is 0 Å². The van der Waals surface area contributed by atoms with E-state index in [4.69, 9.17) is 0 Å². The lowest BCUT2D eigenvalue weighted by Gasteiger charge is -2.38. The first kappa shape index (κ1) is 21.7. The minimum Gasteiger partial charge on any atom is -0.480 e. The van der Waals surface area contributed by atoms with Crippen molar-refractivity contribution in [1.29, 1.82) is 0 Å². The molecule has 1 atom stereocenters. The molecule has 0 spiro atoms. The first-order chi connectivity index (χ1) is 14.0. The van der Waals surface area contributed by atoms with Gasteiger partial charge in [-0.25, -0.2) is 13.1 Å². The molecule has 162 valence electrons. The number of rotatable bonds is 5. The van der Waals surface area contributed by atoms with Gasteiger partial charge in [-0.2, -0.15) is 17.5 Å². The molecule has 1 fully saturated rings. The second kappa shape index (κ2) is 8.02. The number of carbonyl (C=O) groups excluding carboxylic acids is 1. The van der Waals surface area contributed by atoms with Crippen molar-refractivity contribution >= 4 is 21.9 Å². The first-order valence-corrected chi connectivity index (χ1v) is 9.98. The van der Waals surface area contributed by atoms with Crippen LogP contribution in [-0.4, -0.2) is 75.3 Å². The number of piperazine rings is 1. The third kappa shape index (κ3) is 4.43. The highest BCUT2D eigenvalue weighted by Gasteiger charge is 2.41. The van der Waals surface area contributed by atoms with E-state index < -0.39 is 51.1 Å². The fourth-order valence-corrected chi connectivity index (χ4v) is 4.55. The van der Waals surface area contributed by atoms with Gasteiger partial charge in [0, 0.05) is 25.8 Å². The minimum absolute atomic E-state index is 0.0861. The van der Waals surface area contributed by atoms with Crippen LogP contribution >= 0.6 is 0 Å². The summed E-state index contributed by atoms with van der Waals surface area (Å²) >= 11 is 0. The molecule has 0 aliphatic carbocycles. The van der Waals surface area contributed by atoms with Gasteiger partial charge in [0.15, 0.2) is 0 Å². The van der Waals surface area contributed by atoms with Crippen LogP contribution in [0.25, 0.3) is 0 Å². The maximum absolute atomic E-state index is 12.9. The van der Waals surface area contributed by atoms with Crippen LogP contribution in [0.2, 0.25) is 0 Å². The predicted molar refractivity (Wildman–Crippen MR) is 93.4 cm³/mol. The lowest BCUT2D eigenvalue weighted by atomic mass is 10.2. The van der Waals surface area contributed by atoms with Gasteiger partial charge in [-0.15, -0.1) is 5.10 Å². The minimum atomic E-state index is -4.64. The SMILES string of the molecule is O=C(O)[C@H]1CN(C(=O)Cn2ccnn2)CCN1S(=O)(=O)c1ccc(C(F)(F)F)cc1. The smallest absolute Gasteiger partial charge is 0.416 e. The number of aliphatic carboxylic acids is 1. The topological polar surface area (TPSA) is 126 Å². The standard InChI is InChI=1S/C16H16F3N5O5S/c17-16(18,19)11-1-3-12(4-2-11)30(28,29)24-8-7-22(9-13(24)15(26)27)14(25)10-23-6-5-20-21-23/h1-6,13H,7-10H2,(H,26,27)/t13-/m1/s1. The molecule has 1 N–H and O–H groups in total. The summed E-state index contributed by atoms with van der Waals surface area (Å²) < 4.78 is 65.7. The summed E-state index contributed by atoms with van der Waals surface area (Å²) in [6, 6.07) is 1.19. The lowest BCUT2D eigenvalue weighted by molar-refractivity contribution is -0.146.